The molecule has 2 heterocycles. The van der Waals surface area contributed by atoms with Gasteiger partial charge < -0.3 is 20.0 Å². The van der Waals surface area contributed by atoms with Crippen LogP contribution < -0.4 is 5.32 Å². The normalized spacial score (nSPS) is 28.6. The second-order valence-corrected chi connectivity index (χ2v) is 6.91. The van der Waals surface area contributed by atoms with Gasteiger partial charge >= 0.3 is 0 Å². The summed E-state index contributed by atoms with van der Waals surface area (Å²) in [7, 11) is 4.48. The molecule has 20 heavy (non-hydrogen) atoms. The minimum absolute atomic E-state index is 0.672. The zero-order valence-corrected chi connectivity index (χ0v) is 13.8. The summed E-state index contributed by atoms with van der Waals surface area (Å²) in [5.41, 5.74) is 0. The Hall–Kier alpha value is -0.160. The maximum Gasteiger partial charge on any atom is 0.0110 e. The van der Waals surface area contributed by atoms with E-state index in [9.17, 15) is 0 Å². The van der Waals surface area contributed by atoms with Crippen molar-refractivity contribution in [3.05, 3.63) is 0 Å². The molecule has 0 spiro atoms. The third-order valence-electron chi connectivity index (χ3n) is 5.08. The molecule has 0 aromatic heterocycles. The first kappa shape index (κ1) is 16.2. The molecule has 0 saturated carbocycles. The minimum atomic E-state index is 0.672. The van der Waals surface area contributed by atoms with Gasteiger partial charge in [-0.3, -0.25) is 0 Å². The Morgan fingerprint density at radius 3 is 2.50 bits per heavy atom. The number of hydrogen-bond acceptors (Lipinski definition) is 4. The number of likely N-dealkylation sites (N-methyl/N-ethyl adjacent to an activating group) is 1. The molecule has 2 aliphatic heterocycles. The van der Waals surface area contributed by atoms with Crippen molar-refractivity contribution >= 4 is 0 Å². The molecular weight excluding hydrogens is 248 g/mol. The van der Waals surface area contributed by atoms with Crippen LogP contribution in [-0.2, 0) is 0 Å². The van der Waals surface area contributed by atoms with Crippen LogP contribution in [0.4, 0.5) is 0 Å². The molecule has 0 bridgehead atoms. The number of hydrogen-bond donors (Lipinski definition) is 1. The van der Waals surface area contributed by atoms with E-state index in [1.807, 2.05) is 0 Å². The molecule has 4 heteroatoms. The molecule has 0 radical (unpaired) electrons. The van der Waals surface area contributed by atoms with Crippen LogP contribution in [0.1, 0.15) is 26.2 Å². The van der Waals surface area contributed by atoms with E-state index in [-0.39, 0.29) is 0 Å². The maximum absolute atomic E-state index is 3.76. The number of piperazine rings is 1. The smallest absolute Gasteiger partial charge is 0.0110 e. The summed E-state index contributed by atoms with van der Waals surface area (Å²) in [5, 5.41) is 3.76. The fraction of sp³-hybridized carbons (Fsp3) is 1.00. The molecule has 118 valence electrons. The summed E-state index contributed by atoms with van der Waals surface area (Å²) in [5.74, 6) is 0.845. The average Bonchev–Trinajstić information content (AvgIpc) is 2.45. The lowest BCUT2D eigenvalue weighted by molar-refractivity contribution is 0.150. The Kier molecular flexibility index (Phi) is 6.75. The first-order valence-electron chi connectivity index (χ1n) is 8.48. The van der Waals surface area contributed by atoms with Crippen LogP contribution in [0.5, 0.6) is 0 Å². The van der Waals surface area contributed by atoms with E-state index < -0.39 is 0 Å². The van der Waals surface area contributed by atoms with Crippen molar-refractivity contribution in [3.63, 3.8) is 0 Å². The van der Waals surface area contributed by atoms with E-state index in [4.69, 9.17) is 0 Å². The second-order valence-electron chi connectivity index (χ2n) is 6.91. The predicted octanol–water partition coefficient (Wildman–Crippen LogP) is 0.944. The average molecular weight is 282 g/mol. The molecule has 0 amide bonds. The van der Waals surface area contributed by atoms with Crippen molar-refractivity contribution in [1.82, 2.24) is 20.0 Å². The fourth-order valence-corrected chi connectivity index (χ4v) is 3.48. The van der Waals surface area contributed by atoms with Crippen molar-refractivity contribution in [3.8, 4) is 0 Å². The first-order chi connectivity index (χ1) is 9.65. The van der Waals surface area contributed by atoms with Gasteiger partial charge in [-0.2, -0.15) is 0 Å². The molecule has 0 aromatic rings. The van der Waals surface area contributed by atoms with Gasteiger partial charge in [-0.25, -0.2) is 0 Å². The fourth-order valence-electron chi connectivity index (χ4n) is 3.48. The number of nitrogens with one attached hydrogen (secondary N) is 1. The van der Waals surface area contributed by atoms with Crippen LogP contribution in [0.25, 0.3) is 0 Å². The summed E-state index contributed by atoms with van der Waals surface area (Å²) >= 11 is 0. The zero-order chi connectivity index (χ0) is 14.4. The first-order valence-corrected chi connectivity index (χ1v) is 8.48. The molecule has 2 atom stereocenters. The highest BCUT2D eigenvalue weighted by atomic mass is 15.2. The molecule has 2 fully saturated rings. The highest BCUT2D eigenvalue weighted by Gasteiger charge is 2.22. The minimum Gasteiger partial charge on any atom is -0.314 e. The SMILES string of the molecule is CC(NCCCN1CCN(C)CC1)C1CCCN(C)C1. The van der Waals surface area contributed by atoms with E-state index >= 15 is 0 Å². The lowest BCUT2D eigenvalue weighted by Gasteiger charge is -2.34. The van der Waals surface area contributed by atoms with E-state index in [0.29, 0.717) is 6.04 Å². The number of nitrogens with zero attached hydrogens (tertiary/aromatic N) is 3. The van der Waals surface area contributed by atoms with Gasteiger partial charge in [-0.15, -0.1) is 0 Å². The molecule has 4 nitrogen and oxygen atoms in total. The third kappa shape index (κ3) is 5.32. The van der Waals surface area contributed by atoms with Gasteiger partial charge in [0.15, 0.2) is 0 Å². The van der Waals surface area contributed by atoms with E-state index in [1.165, 1.54) is 71.6 Å². The highest BCUT2D eigenvalue weighted by molar-refractivity contribution is 4.79. The zero-order valence-electron chi connectivity index (χ0n) is 13.8. The Labute approximate surface area is 125 Å². The van der Waals surface area contributed by atoms with Crippen molar-refractivity contribution in [2.24, 2.45) is 5.92 Å². The van der Waals surface area contributed by atoms with Crippen molar-refractivity contribution in [2.75, 3.05) is 66.5 Å². The van der Waals surface area contributed by atoms with Crippen molar-refractivity contribution in [2.45, 2.75) is 32.2 Å². The lowest BCUT2D eigenvalue weighted by Crippen LogP contribution is -2.46. The highest BCUT2D eigenvalue weighted by Crippen LogP contribution is 2.18. The number of piperidine rings is 1. The largest absolute Gasteiger partial charge is 0.314 e. The molecule has 2 unspecified atom stereocenters. The molecule has 2 aliphatic rings. The summed E-state index contributed by atoms with van der Waals surface area (Å²) in [4.78, 5) is 7.52. The van der Waals surface area contributed by atoms with Gasteiger partial charge in [-0.05, 0) is 65.8 Å². The quantitative estimate of drug-likeness (QED) is 0.732. The summed E-state index contributed by atoms with van der Waals surface area (Å²) < 4.78 is 0. The van der Waals surface area contributed by atoms with E-state index in [1.54, 1.807) is 0 Å². The van der Waals surface area contributed by atoms with Gasteiger partial charge in [0.25, 0.3) is 0 Å². The maximum atomic E-state index is 3.76. The Bertz CT molecular complexity index is 263. The van der Waals surface area contributed by atoms with Gasteiger partial charge in [-0.1, -0.05) is 0 Å². The Morgan fingerprint density at radius 2 is 1.80 bits per heavy atom. The molecule has 2 saturated heterocycles. The molecule has 0 aliphatic carbocycles. The van der Waals surface area contributed by atoms with Gasteiger partial charge in [0.05, 0.1) is 0 Å². The number of likely N-dealkylation sites (tertiary alicyclic amines) is 1. The summed E-state index contributed by atoms with van der Waals surface area (Å²) in [6, 6.07) is 0.672. The standard InChI is InChI=1S/C16H34N4/c1-15(16-6-4-8-19(3)14-16)17-7-5-9-20-12-10-18(2)11-13-20/h15-17H,4-14H2,1-3H3. The van der Waals surface area contributed by atoms with Gasteiger partial charge in [0.1, 0.15) is 0 Å². The third-order valence-corrected chi connectivity index (χ3v) is 5.08. The topological polar surface area (TPSA) is 21.8 Å². The van der Waals surface area contributed by atoms with Crippen LogP contribution in [0, 0.1) is 5.92 Å². The molecule has 0 aromatic carbocycles. The van der Waals surface area contributed by atoms with Crippen LogP contribution in [0.2, 0.25) is 0 Å². The van der Waals surface area contributed by atoms with E-state index in [2.05, 4.69) is 41.0 Å². The van der Waals surface area contributed by atoms with Gasteiger partial charge in [0, 0.05) is 38.8 Å². The predicted molar refractivity (Wildman–Crippen MR) is 86.2 cm³/mol. The summed E-state index contributed by atoms with van der Waals surface area (Å²) in [6.07, 6.45) is 4.06. The van der Waals surface area contributed by atoms with Crippen LogP contribution in [-0.4, -0.2) is 87.2 Å². The van der Waals surface area contributed by atoms with E-state index in [0.717, 1.165) is 5.92 Å². The Balaban J connectivity index is 1.54. The Morgan fingerprint density at radius 1 is 1.05 bits per heavy atom. The lowest BCUT2D eigenvalue weighted by atomic mass is 9.92. The molecule has 1 N–H and O–H groups in total. The molecular formula is C16H34N4. The summed E-state index contributed by atoms with van der Waals surface area (Å²) in [6.45, 7) is 12.3. The monoisotopic (exact) mass is 282 g/mol. The number of rotatable bonds is 6. The van der Waals surface area contributed by atoms with Crippen molar-refractivity contribution < 1.29 is 0 Å². The second kappa shape index (κ2) is 8.32. The van der Waals surface area contributed by atoms with Crippen LogP contribution in [0.3, 0.4) is 0 Å². The van der Waals surface area contributed by atoms with Gasteiger partial charge in [0.2, 0.25) is 0 Å². The van der Waals surface area contributed by atoms with Crippen LogP contribution in [0.15, 0.2) is 0 Å². The van der Waals surface area contributed by atoms with Crippen LogP contribution >= 0.6 is 0 Å². The van der Waals surface area contributed by atoms with Crippen molar-refractivity contribution in [1.29, 1.82) is 0 Å². The molecule has 2 rings (SSSR count).